The monoisotopic (exact) mass is 426 g/mol. The molecule has 0 bridgehead atoms. The van der Waals surface area contributed by atoms with Crippen LogP contribution in [0.5, 0.6) is 0 Å². The van der Waals surface area contributed by atoms with Gasteiger partial charge in [0.1, 0.15) is 0 Å². The number of aromatic nitrogens is 4. The number of likely N-dealkylation sites (N-methyl/N-ethyl adjacent to an activating group) is 1. The number of ether oxygens (including phenoxy) is 1. The SMILES string of the molecule is CN1Cc2cc(-c3ccc(N4CCOCC4)nn3)ccc2C(c2ccc3cn[nH]c3c2)C1. The summed E-state index contributed by atoms with van der Waals surface area (Å²) in [5.74, 6) is 1.25. The van der Waals surface area contributed by atoms with E-state index in [9.17, 15) is 0 Å². The zero-order valence-electron chi connectivity index (χ0n) is 18.2. The molecule has 0 spiro atoms. The molecule has 32 heavy (non-hydrogen) atoms. The smallest absolute Gasteiger partial charge is 0.151 e. The highest BCUT2D eigenvalue weighted by molar-refractivity contribution is 5.79. The molecule has 1 unspecified atom stereocenters. The van der Waals surface area contributed by atoms with E-state index in [0.29, 0.717) is 5.92 Å². The second-order valence-corrected chi connectivity index (χ2v) is 8.76. The first kappa shape index (κ1) is 19.4. The number of morpholine rings is 1. The minimum Gasteiger partial charge on any atom is -0.378 e. The van der Waals surface area contributed by atoms with E-state index in [2.05, 4.69) is 85.8 Å². The van der Waals surface area contributed by atoms with E-state index < -0.39 is 0 Å². The van der Waals surface area contributed by atoms with Gasteiger partial charge in [-0.2, -0.15) is 5.10 Å². The maximum Gasteiger partial charge on any atom is 0.151 e. The Labute approximate surface area is 187 Å². The van der Waals surface area contributed by atoms with E-state index in [4.69, 9.17) is 4.74 Å². The van der Waals surface area contributed by atoms with Crippen LogP contribution in [0, 0.1) is 0 Å². The summed E-state index contributed by atoms with van der Waals surface area (Å²) in [5.41, 5.74) is 7.17. The highest BCUT2D eigenvalue weighted by atomic mass is 16.5. The molecule has 0 amide bonds. The van der Waals surface area contributed by atoms with E-state index in [1.807, 2.05) is 6.20 Å². The van der Waals surface area contributed by atoms with Crippen LogP contribution in [0.4, 0.5) is 5.82 Å². The van der Waals surface area contributed by atoms with Crippen LogP contribution in [-0.2, 0) is 11.3 Å². The number of fused-ring (bicyclic) bond motifs is 2. The highest BCUT2D eigenvalue weighted by Crippen LogP contribution is 2.36. The van der Waals surface area contributed by atoms with Crippen LogP contribution in [0.1, 0.15) is 22.6 Å². The quantitative estimate of drug-likeness (QED) is 0.541. The standard InChI is InChI=1S/C25H26N6O/c1-30-15-20-12-18(23-6-7-25(29-28-23)31-8-10-32-11-9-31)4-5-21(20)22(16-30)17-2-3-19-14-26-27-24(19)13-17/h2-7,12-14,22H,8-11,15-16H2,1H3,(H,26,27). The molecule has 2 aromatic heterocycles. The first-order chi connectivity index (χ1) is 15.7. The molecule has 7 heteroatoms. The number of hydrogen-bond donors (Lipinski definition) is 1. The number of nitrogens with zero attached hydrogens (tertiary/aromatic N) is 5. The van der Waals surface area contributed by atoms with E-state index in [1.165, 1.54) is 16.7 Å². The number of rotatable bonds is 3. The molecule has 4 aromatic rings. The normalized spacial score (nSPS) is 19.3. The maximum atomic E-state index is 5.43. The topological polar surface area (TPSA) is 70.2 Å². The molecular weight excluding hydrogens is 400 g/mol. The second-order valence-electron chi connectivity index (χ2n) is 8.76. The fraction of sp³-hybridized carbons (Fsp3) is 0.320. The first-order valence-electron chi connectivity index (χ1n) is 11.2. The van der Waals surface area contributed by atoms with Gasteiger partial charge in [0, 0.05) is 43.0 Å². The largest absolute Gasteiger partial charge is 0.378 e. The molecule has 1 N–H and O–H groups in total. The number of nitrogens with one attached hydrogen (secondary N) is 1. The van der Waals surface area contributed by atoms with Gasteiger partial charge in [0.25, 0.3) is 0 Å². The summed E-state index contributed by atoms with van der Waals surface area (Å²) in [6.07, 6.45) is 1.87. The van der Waals surface area contributed by atoms with Gasteiger partial charge in [-0.05, 0) is 48.0 Å². The van der Waals surface area contributed by atoms with Crippen molar-refractivity contribution in [3.05, 3.63) is 71.4 Å². The zero-order chi connectivity index (χ0) is 21.5. The lowest BCUT2D eigenvalue weighted by molar-refractivity contribution is 0.122. The van der Waals surface area contributed by atoms with Gasteiger partial charge in [0.2, 0.25) is 0 Å². The molecule has 2 aromatic carbocycles. The Morgan fingerprint density at radius 1 is 1.00 bits per heavy atom. The summed E-state index contributed by atoms with van der Waals surface area (Å²) in [6, 6.07) is 17.5. The lowest BCUT2D eigenvalue weighted by Crippen LogP contribution is -2.36. The van der Waals surface area contributed by atoms with Gasteiger partial charge in [0.15, 0.2) is 5.82 Å². The lowest BCUT2D eigenvalue weighted by atomic mass is 9.83. The van der Waals surface area contributed by atoms with Crippen molar-refractivity contribution >= 4 is 16.7 Å². The van der Waals surface area contributed by atoms with Gasteiger partial charge in [0.05, 0.1) is 30.6 Å². The third-order valence-electron chi connectivity index (χ3n) is 6.60. The summed E-state index contributed by atoms with van der Waals surface area (Å²) >= 11 is 0. The number of hydrogen-bond acceptors (Lipinski definition) is 6. The summed E-state index contributed by atoms with van der Waals surface area (Å²) in [6.45, 7) is 5.16. The first-order valence-corrected chi connectivity index (χ1v) is 11.2. The Hall–Kier alpha value is -3.29. The zero-order valence-corrected chi connectivity index (χ0v) is 18.2. The molecule has 0 saturated carbocycles. The van der Waals surface area contributed by atoms with Gasteiger partial charge in [-0.15, -0.1) is 10.2 Å². The molecule has 2 aliphatic rings. The van der Waals surface area contributed by atoms with Crippen molar-refractivity contribution in [2.45, 2.75) is 12.5 Å². The fourth-order valence-electron chi connectivity index (χ4n) is 4.90. The minimum absolute atomic E-state index is 0.334. The number of aromatic amines is 1. The van der Waals surface area contributed by atoms with Gasteiger partial charge in [-0.25, -0.2) is 0 Å². The fourth-order valence-corrected chi connectivity index (χ4v) is 4.90. The van der Waals surface area contributed by atoms with Crippen molar-refractivity contribution in [3.8, 4) is 11.3 Å². The summed E-state index contributed by atoms with van der Waals surface area (Å²) in [7, 11) is 2.19. The van der Waals surface area contributed by atoms with Crippen molar-refractivity contribution in [1.82, 2.24) is 25.3 Å². The molecule has 0 radical (unpaired) electrons. The average Bonchev–Trinajstić information content (AvgIpc) is 3.32. The van der Waals surface area contributed by atoms with Gasteiger partial charge in [-0.3, -0.25) is 5.10 Å². The summed E-state index contributed by atoms with van der Waals surface area (Å²) in [4.78, 5) is 4.62. The molecule has 1 atom stereocenters. The Bertz CT molecular complexity index is 1250. The van der Waals surface area contributed by atoms with E-state index in [0.717, 1.165) is 67.4 Å². The van der Waals surface area contributed by atoms with Crippen molar-refractivity contribution < 1.29 is 4.74 Å². The molecule has 162 valence electrons. The van der Waals surface area contributed by atoms with Crippen LogP contribution in [0.3, 0.4) is 0 Å². The predicted octanol–water partition coefficient (Wildman–Crippen LogP) is 3.43. The van der Waals surface area contributed by atoms with E-state index in [-0.39, 0.29) is 0 Å². The van der Waals surface area contributed by atoms with Crippen LogP contribution in [0.25, 0.3) is 22.2 Å². The van der Waals surface area contributed by atoms with Gasteiger partial charge >= 0.3 is 0 Å². The molecule has 4 heterocycles. The number of benzene rings is 2. The third kappa shape index (κ3) is 3.53. The molecule has 2 aliphatic heterocycles. The van der Waals surface area contributed by atoms with Crippen molar-refractivity contribution in [1.29, 1.82) is 0 Å². The average molecular weight is 427 g/mol. The van der Waals surface area contributed by atoms with Crippen molar-refractivity contribution in [2.75, 3.05) is 44.8 Å². The van der Waals surface area contributed by atoms with Gasteiger partial charge in [-0.1, -0.05) is 24.3 Å². The second kappa shape index (κ2) is 8.00. The Kier molecular flexibility index (Phi) is 4.85. The molecule has 1 saturated heterocycles. The van der Waals surface area contributed by atoms with Crippen LogP contribution in [-0.4, -0.2) is 65.2 Å². The van der Waals surface area contributed by atoms with Crippen LogP contribution < -0.4 is 4.90 Å². The third-order valence-corrected chi connectivity index (χ3v) is 6.60. The highest BCUT2D eigenvalue weighted by Gasteiger charge is 2.25. The summed E-state index contributed by atoms with van der Waals surface area (Å²) in [5, 5.41) is 17.5. The van der Waals surface area contributed by atoms with E-state index >= 15 is 0 Å². The molecule has 0 aliphatic carbocycles. The van der Waals surface area contributed by atoms with Gasteiger partial charge < -0.3 is 14.5 Å². The predicted molar refractivity (Wildman–Crippen MR) is 125 cm³/mol. The molecule has 1 fully saturated rings. The lowest BCUT2D eigenvalue weighted by Gasteiger charge is -2.33. The van der Waals surface area contributed by atoms with Crippen LogP contribution in [0.15, 0.2) is 54.7 Å². The summed E-state index contributed by atoms with van der Waals surface area (Å²) < 4.78 is 5.43. The maximum absolute atomic E-state index is 5.43. The Balaban J connectivity index is 1.31. The Morgan fingerprint density at radius 3 is 2.75 bits per heavy atom. The molecule has 7 nitrogen and oxygen atoms in total. The van der Waals surface area contributed by atoms with Crippen LogP contribution in [0.2, 0.25) is 0 Å². The Morgan fingerprint density at radius 2 is 1.91 bits per heavy atom. The minimum atomic E-state index is 0.334. The van der Waals surface area contributed by atoms with E-state index in [1.54, 1.807) is 0 Å². The molecule has 6 rings (SSSR count). The molecular formula is C25H26N6O. The number of H-pyrrole nitrogens is 1. The van der Waals surface area contributed by atoms with Crippen molar-refractivity contribution in [2.24, 2.45) is 0 Å². The van der Waals surface area contributed by atoms with Crippen LogP contribution >= 0.6 is 0 Å². The number of anilines is 1. The van der Waals surface area contributed by atoms with Crippen molar-refractivity contribution in [3.63, 3.8) is 0 Å².